The molecule has 0 spiro atoms. The molecule has 136 valence electrons. The third kappa shape index (κ3) is 3.64. The van der Waals surface area contributed by atoms with Crippen LogP contribution in [0.2, 0.25) is 0 Å². The fraction of sp³-hybridized carbons (Fsp3) is 0.0952. The number of hydrogen-bond donors (Lipinski definition) is 0. The molecule has 0 saturated carbocycles. The van der Waals surface area contributed by atoms with E-state index >= 15 is 0 Å². The Labute approximate surface area is 166 Å². The van der Waals surface area contributed by atoms with E-state index in [1.807, 2.05) is 7.05 Å². The Hall–Kier alpha value is -2.55. The normalized spacial score (nSPS) is 11.0. The molecule has 0 radical (unpaired) electrons. The first-order valence-electron chi connectivity index (χ1n) is 8.57. The van der Waals surface area contributed by atoms with Crippen molar-refractivity contribution in [1.82, 2.24) is 20.2 Å². The van der Waals surface area contributed by atoms with Crippen molar-refractivity contribution in [2.45, 2.75) is 6.16 Å². The van der Waals surface area contributed by atoms with E-state index in [0.717, 1.165) is 12.0 Å². The van der Waals surface area contributed by atoms with Crippen LogP contribution in [0.4, 0.5) is 0 Å². The van der Waals surface area contributed by atoms with Crippen LogP contribution in [0.25, 0.3) is 0 Å². The Balaban J connectivity index is 0.00000210. The van der Waals surface area contributed by atoms with Gasteiger partial charge in [0, 0.05) is 7.05 Å². The summed E-state index contributed by atoms with van der Waals surface area (Å²) in [4.78, 5) is 0. The molecule has 4 nitrogen and oxygen atoms in total. The SMILES string of the molecule is Cn1nnnc1C[P+](c1ccccc1)(c1ccccc1)c1ccccc1.[Cl-]. The average Bonchev–Trinajstić information content (AvgIpc) is 3.12. The van der Waals surface area contributed by atoms with Gasteiger partial charge in [0.05, 0.1) is 0 Å². The minimum Gasteiger partial charge on any atom is -1.00 e. The lowest BCUT2D eigenvalue weighted by Gasteiger charge is -2.26. The van der Waals surface area contributed by atoms with Gasteiger partial charge in [0.1, 0.15) is 29.3 Å². The van der Waals surface area contributed by atoms with Gasteiger partial charge in [0.2, 0.25) is 0 Å². The summed E-state index contributed by atoms with van der Waals surface area (Å²) < 4.78 is 1.78. The standard InChI is InChI=1S/C21H20N4P.ClH/c1-25-21(22-23-24-25)17-26(18-11-5-2-6-12-18,19-13-7-3-8-14-19)20-15-9-4-10-16-20;/h2-16H,17H2,1H3;1H/q+1;/p-1. The topological polar surface area (TPSA) is 43.6 Å². The van der Waals surface area contributed by atoms with E-state index in [9.17, 15) is 0 Å². The molecule has 0 unspecified atom stereocenters. The van der Waals surface area contributed by atoms with Gasteiger partial charge in [-0.2, -0.15) is 0 Å². The highest BCUT2D eigenvalue weighted by Crippen LogP contribution is 2.57. The maximum absolute atomic E-state index is 4.31. The Morgan fingerprint density at radius 3 is 1.44 bits per heavy atom. The Morgan fingerprint density at radius 2 is 1.11 bits per heavy atom. The zero-order valence-corrected chi connectivity index (χ0v) is 16.6. The third-order valence-electron chi connectivity index (χ3n) is 4.68. The second kappa shape index (κ2) is 8.43. The molecule has 3 aromatic carbocycles. The summed E-state index contributed by atoms with van der Waals surface area (Å²) in [7, 11) is -0.0245. The molecule has 4 rings (SSSR count). The molecule has 0 bridgehead atoms. The van der Waals surface area contributed by atoms with Crippen molar-refractivity contribution in [1.29, 1.82) is 0 Å². The quantitative estimate of drug-likeness (QED) is 0.437. The van der Waals surface area contributed by atoms with Crippen LogP contribution < -0.4 is 28.3 Å². The summed E-state index contributed by atoms with van der Waals surface area (Å²) in [6, 6.07) is 32.3. The molecular weight excluding hydrogens is 375 g/mol. The predicted octanol–water partition coefficient (Wildman–Crippen LogP) is -0.292. The number of aryl methyl sites for hydroxylation is 1. The third-order valence-corrected chi connectivity index (χ3v) is 8.97. The van der Waals surface area contributed by atoms with Gasteiger partial charge >= 0.3 is 0 Å². The molecule has 6 heteroatoms. The molecule has 0 aliphatic rings. The molecule has 0 aliphatic heterocycles. The smallest absolute Gasteiger partial charge is 0.189 e. The molecule has 0 atom stereocenters. The lowest BCUT2D eigenvalue weighted by molar-refractivity contribution is -0.00000535. The fourth-order valence-electron chi connectivity index (χ4n) is 3.36. The van der Waals surface area contributed by atoms with Gasteiger partial charge in [-0.15, -0.1) is 5.10 Å². The monoisotopic (exact) mass is 394 g/mol. The van der Waals surface area contributed by atoms with Crippen LogP contribution in [-0.2, 0) is 13.2 Å². The number of rotatable bonds is 5. The van der Waals surface area contributed by atoms with Crippen LogP contribution in [0.15, 0.2) is 91.0 Å². The van der Waals surface area contributed by atoms with E-state index in [1.165, 1.54) is 15.9 Å². The summed E-state index contributed by atoms with van der Waals surface area (Å²) in [6.07, 6.45) is 0.786. The van der Waals surface area contributed by atoms with E-state index in [0.29, 0.717) is 0 Å². The molecule has 1 aromatic heterocycles. The average molecular weight is 395 g/mol. The van der Waals surface area contributed by atoms with Gasteiger partial charge in [0.15, 0.2) is 5.82 Å². The molecular formula is C21H20ClN4P. The minimum absolute atomic E-state index is 0. The number of hydrogen-bond acceptors (Lipinski definition) is 3. The second-order valence-corrected chi connectivity index (χ2v) is 9.68. The zero-order valence-electron chi connectivity index (χ0n) is 15.0. The molecule has 0 fully saturated rings. The largest absolute Gasteiger partial charge is 1.00 e. The van der Waals surface area contributed by atoms with E-state index < -0.39 is 7.26 Å². The number of nitrogens with zero attached hydrogens (tertiary/aromatic N) is 4. The number of benzene rings is 3. The highest BCUT2D eigenvalue weighted by atomic mass is 35.5. The van der Waals surface area contributed by atoms with Crippen molar-refractivity contribution in [2.24, 2.45) is 7.05 Å². The minimum atomic E-state index is -1.93. The first-order chi connectivity index (χ1) is 12.8. The highest BCUT2D eigenvalue weighted by molar-refractivity contribution is 7.95. The molecule has 0 N–H and O–H groups in total. The van der Waals surface area contributed by atoms with Gasteiger partial charge in [-0.25, -0.2) is 4.68 Å². The summed E-state index contributed by atoms with van der Waals surface area (Å²) in [5, 5.41) is 16.2. The number of halogens is 1. The Morgan fingerprint density at radius 1 is 0.704 bits per heavy atom. The summed E-state index contributed by atoms with van der Waals surface area (Å²) in [5.41, 5.74) is 0. The van der Waals surface area contributed by atoms with Gasteiger partial charge in [-0.1, -0.05) is 54.6 Å². The molecule has 0 aliphatic carbocycles. The van der Waals surface area contributed by atoms with Crippen LogP contribution in [0.3, 0.4) is 0 Å². The number of aromatic nitrogens is 4. The van der Waals surface area contributed by atoms with Crippen LogP contribution in [0.1, 0.15) is 5.82 Å². The highest BCUT2D eigenvalue weighted by Gasteiger charge is 2.46. The van der Waals surface area contributed by atoms with Crippen molar-refractivity contribution >= 4 is 23.2 Å². The predicted molar refractivity (Wildman–Crippen MR) is 108 cm³/mol. The zero-order chi connectivity index (χ0) is 17.8. The van der Waals surface area contributed by atoms with E-state index in [4.69, 9.17) is 0 Å². The number of tetrazole rings is 1. The fourth-order valence-corrected chi connectivity index (χ4v) is 7.54. The van der Waals surface area contributed by atoms with Crippen molar-refractivity contribution in [3.8, 4) is 0 Å². The lowest BCUT2D eigenvalue weighted by atomic mass is 10.4. The molecule has 4 aromatic rings. The maximum atomic E-state index is 4.31. The van der Waals surface area contributed by atoms with Crippen molar-refractivity contribution in [2.75, 3.05) is 0 Å². The van der Waals surface area contributed by atoms with Gasteiger partial charge in [-0.05, 0) is 46.8 Å². The van der Waals surface area contributed by atoms with Crippen LogP contribution >= 0.6 is 7.26 Å². The van der Waals surface area contributed by atoms with E-state index in [2.05, 4.69) is 107 Å². The van der Waals surface area contributed by atoms with E-state index in [1.54, 1.807) is 4.68 Å². The van der Waals surface area contributed by atoms with Gasteiger partial charge in [0.25, 0.3) is 0 Å². The van der Waals surface area contributed by atoms with Crippen LogP contribution in [0, 0.1) is 0 Å². The maximum Gasteiger partial charge on any atom is 0.189 e. The molecule has 0 saturated heterocycles. The molecule has 27 heavy (non-hydrogen) atoms. The molecule has 0 amide bonds. The first-order valence-corrected chi connectivity index (χ1v) is 10.5. The molecule has 1 heterocycles. The van der Waals surface area contributed by atoms with E-state index in [-0.39, 0.29) is 12.4 Å². The Bertz CT molecular complexity index is 878. The summed E-state index contributed by atoms with van der Waals surface area (Å²) in [6.45, 7) is 0. The summed E-state index contributed by atoms with van der Waals surface area (Å²) in [5.74, 6) is 0.898. The van der Waals surface area contributed by atoms with Gasteiger partial charge in [-0.3, -0.25) is 0 Å². The Kier molecular flexibility index (Phi) is 6.00. The van der Waals surface area contributed by atoms with Crippen molar-refractivity contribution in [3.05, 3.63) is 96.8 Å². The second-order valence-electron chi connectivity index (χ2n) is 6.19. The first kappa shape index (κ1) is 19.2. The van der Waals surface area contributed by atoms with Crippen LogP contribution in [0.5, 0.6) is 0 Å². The van der Waals surface area contributed by atoms with Crippen molar-refractivity contribution < 1.29 is 12.4 Å². The van der Waals surface area contributed by atoms with Crippen molar-refractivity contribution in [3.63, 3.8) is 0 Å². The van der Waals surface area contributed by atoms with Crippen LogP contribution in [-0.4, -0.2) is 20.2 Å². The van der Waals surface area contributed by atoms with Gasteiger partial charge < -0.3 is 12.4 Å². The lowest BCUT2D eigenvalue weighted by Crippen LogP contribution is -3.00. The summed E-state index contributed by atoms with van der Waals surface area (Å²) >= 11 is 0.